The Bertz CT molecular complexity index is 1090. The molecule has 3 aromatic rings. The van der Waals surface area contributed by atoms with Crippen molar-refractivity contribution in [2.24, 2.45) is 0 Å². The lowest BCUT2D eigenvalue weighted by Crippen LogP contribution is -2.45. The van der Waals surface area contributed by atoms with Crippen LogP contribution in [0.2, 0.25) is 0 Å². The minimum atomic E-state index is -0.354. The van der Waals surface area contributed by atoms with Gasteiger partial charge in [0.1, 0.15) is 5.01 Å². The van der Waals surface area contributed by atoms with Gasteiger partial charge in [-0.05, 0) is 48.4 Å². The molecular formula is C25H27N3O2S. The van der Waals surface area contributed by atoms with Gasteiger partial charge < -0.3 is 10.2 Å². The van der Waals surface area contributed by atoms with Crippen molar-refractivity contribution in [3.8, 4) is 0 Å². The summed E-state index contributed by atoms with van der Waals surface area (Å²) in [7, 11) is 0. The van der Waals surface area contributed by atoms with E-state index in [0.29, 0.717) is 19.3 Å². The van der Waals surface area contributed by atoms with Crippen LogP contribution in [0, 0.1) is 0 Å². The lowest BCUT2D eigenvalue weighted by atomic mass is 9.83. The number of benzene rings is 2. The second-order valence-corrected chi connectivity index (χ2v) is 9.69. The van der Waals surface area contributed by atoms with Gasteiger partial charge in [0.15, 0.2) is 0 Å². The van der Waals surface area contributed by atoms with Crippen molar-refractivity contribution >= 4 is 33.9 Å². The molecule has 5 rings (SSSR count). The first-order valence-corrected chi connectivity index (χ1v) is 12.0. The number of thiazole rings is 1. The van der Waals surface area contributed by atoms with E-state index in [1.54, 1.807) is 11.3 Å². The second-order valence-electron chi connectivity index (χ2n) is 8.76. The van der Waals surface area contributed by atoms with E-state index in [-0.39, 0.29) is 23.4 Å². The normalized spacial score (nSPS) is 23.4. The van der Waals surface area contributed by atoms with Crippen molar-refractivity contribution < 1.29 is 9.59 Å². The van der Waals surface area contributed by atoms with E-state index in [4.69, 9.17) is 0 Å². The van der Waals surface area contributed by atoms with Crippen LogP contribution in [0.3, 0.4) is 0 Å². The number of likely N-dealkylation sites (tertiary alicyclic amines) is 1. The Balaban J connectivity index is 1.33. The molecule has 2 aliphatic heterocycles. The summed E-state index contributed by atoms with van der Waals surface area (Å²) in [5.41, 5.74) is 0.877. The number of fused-ring (bicyclic) bond motifs is 1. The van der Waals surface area contributed by atoms with Gasteiger partial charge in [-0.3, -0.25) is 9.59 Å². The fourth-order valence-corrected chi connectivity index (χ4v) is 5.99. The topological polar surface area (TPSA) is 62.3 Å². The molecule has 0 saturated carbocycles. The Labute approximate surface area is 186 Å². The summed E-state index contributed by atoms with van der Waals surface area (Å²) in [6.07, 6.45) is 7.00. The van der Waals surface area contributed by atoms with Crippen LogP contribution >= 0.6 is 11.3 Å². The number of nitrogens with zero attached hydrogens (tertiary/aromatic N) is 2. The highest BCUT2D eigenvalue weighted by atomic mass is 32.1. The molecule has 1 aromatic heterocycles. The van der Waals surface area contributed by atoms with Gasteiger partial charge in [0.25, 0.3) is 0 Å². The van der Waals surface area contributed by atoms with Gasteiger partial charge in [0.05, 0.1) is 6.04 Å². The van der Waals surface area contributed by atoms with Gasteiger partial charge in [0, 0.05) is 36.5 Å². The summed E-state index contributed by atoms with van der Waals surface area (Å²) < 4.78 is 0. The molecule has 5 nitrogen and oxygen atoms in total. The van der Waals surface area contributed by atoms with Crippen LogP contribution in [0.15, 0.2) is 54.0 Å². The molecule has 6 heteroatoms. The number of aromatic nitrogens is 1. The maximum absolute atomic E-state index is 13.2. The zero-order valence-corrected chi connectivity index (χ0v) is 18.4. The van der Waals surface area contributed by atoms with Crippen LogP contribution in [-0.4, -0.2) is 33.8 Å². The Morgan fingerprint density at radius 2 is 2.10 bits per heavy atom. The summed E-state index contributed by atoms with van der Waals surface area (Å²) in [5.74, 6) is 0.269. The minimum absolute atomic E-state index is 0.0921. The first-order chi connectivity index (χ1) is 15.1. The SMILES string of the molecule is O=C1CC[C@](CCC(=O)N2CCC[C@H]2c2nccs2)(Cc2cccc3ccccc23)N1. The number of hydrogen-bond donors (Lipinski definition) is 1. The van der Waals surface area contributed by atoms with Gasteiger partial charge in [-0.2, -0.15) is 0 Å². The summed E-state index contributed by atoms with van der Waals surface area (Å²) in [6.45, 7) is 0.797. The standard InChI is InChI=1S/C25H27N3O2S/c29-22-10-12-25(27-22,17-19-7-3-6-18-5-1-2-8-20(18)19)13-11-23(30)28-15-4-9-21(28)24-26-14-16-31-24/h1-3,5-8,14,16,21H,4,9-13,15,17H2,(H,27,29)/t21-,25-/m0/s1. The average Bonchev–Trinajstić information content (AvgIpc) is 3.54. The highest BCUT2D eigenvalue weighted by Gasteiger charge is 2.39. The van der Waals surface area contributed by atoms with E-state index >= 15 is 0 Å². The molecule has 2 fully saturated rings. The maximum Gasteiger partial charge on any atom is 0.223 e. The monoisotopic (exact) mass is 433 g/mol. The van der Waals surface area contributed by atoms with Crippen molar-refractivity contribution in [3.63, 3.8) is 0 Å². The lowest BCUT2D eigenvalue weighted by Gasteiger charge is -2.31. The molecule has 0 unspecified atom stereocenters. The quantitative estimate of drug-likeness (QED) is 0.616. The van der Waals surface area contributed by atoms with Crippen LogP contribution in [0.4, 0.5) is 0 Å². The molecule has 0 aliphatic carbocycles. The largest absolute Gasteiger partial charge is 0.350 e. The zero-order valence-electron chi connectivity index (χ0n) is 17.5. The smallest absolute Gasteiger partial charge is 0.223 e. The number of amides is 2. The van der Waals surface area contributed by atoms with Gasteiger partial charge in [0.2, 0.25) is 11.8 Å². The Kier molecular flexibility index (Phi) is 5.48. The minimum Gasteiger partial charge on any atom is -0.350 e. The third kappa shape index (κ3) is 4.09. The highest BCUT2D eigenvalue weighted by molar-refractivity contribution is 7.09. The lowest BCUT2D eigenvalue weighted by molar-refractivity contribution is -0.132. The molecule has 0 spiro atoms. The molecule has 31 heavy (non-hydrogen) atoms. The predicted molar refractivity (Wildman–Crippen MR) is 123 cm³/mol. The van der Waals surface area contributed by atoms with Crippen LogP contribution in [0.25, 0.3) is 10.8 Å². The van der Waals surface area contributed by atoms with Gasteiger partial charge in [-0.1, -0.05) is 42.5 Å². The number of carbonyl (C=O) groups excluding carboxylic acids is 2. The van der Waals surface area contributed by atoms with E-state index in [9.17, 15) is 9.59 Å². The molecule has 2 aromatic carbocycles. The summed E-state index contributed by atoms with van der Waals surface area (Å²) in [5, 5.41) is 8.68. The third-order valence-electron chi connectivity index (χ3n) is 6.77. The second kappa shape index (κ2) is 8.42. The number of carbonyl (C=O) groups is 2. The van der Waals surface area contributed by atoms with E-state index < -0.39 is 0 Å². The summed E-state index contributed by atoms with van der Waals surface area (Å²) >= 11 is 1.63. The van der Waals surface area contributed by atoms with Crippen molar-refractivity contribution in [2.45, 2.75) is 56.5 Å². The van der Waals surface area contributed by atoms with Crippen molar-refractivity contribution in [3.05, 3.63) is 64.6 Å². The van der Waals surface area contributed by atoms with Crippen molar-refractivity contribution in [1.82, 2.24) is 15.2 Å². The van der Waals surface area contributed by atoms with Gasteiger partial charge >= 0.3 is 0 Å². The molecule has 0 radical (unpaired) electrons. The molecule has 1 N–H and O–H groups in total. The molecule has 2 saturated heterocycles. The van der Waals surface area contributed by atoms with E-state index in [2.05, 4.69) is 46.7 Å². The molecule has 160 valence electrons. The fourth-order valence-electron chi connectivity index (χ4n) is 5.20. The van der Waals surface area contributed by atoms with E-state index in [1.165, 1.54) is 16.3 Å². The Morgan fingerprint density at radius 3 is 2.90 bits per heavy atom. The van der Waals surface area contributed by atoms with Gasteiger partial charge in [-0.25, -0.2) is 4.98 Å². The third-order valence-corrected chi connectivity index (χ3v) is 7.65. The summed E-state index contributed by atoms with van der Waals surface area (Å²) in [6, 6.07) is 14.8. The van der Waals surface area contributed by atoms with E-state index in [1.807, 2.05) is 22.5 Å². The van der Waals surface area contributed by atoms with Crippen molar-refractivity contribution in [1.29, 1.82) is 0 Å². The highest BCUT2D eigenvalue weighted by Crippen LogP contribution is 2.36. The Morgan fingerprint density at radius 1 is 1.23 bits per heavy atom. The number of nitrogens with one attached hydrogen (secondary N) is 1. The predicted octanol–water partition coefficient (Wildman–Crippen LogP) is 4.63. The Hall–Kier alpha value is -2.73. The van der Waals surface area contributed by atoms with E-state index in [0.717, 1.165) is 37.2 Å². The molecule has 2 amide bonds. The molecule has 2 atom stereocenters. The van der Waals surface area contributed by atoms with Crippen LogP contribution in [0.1, 0.15) is 55.1 Å². The fraction of sp³-hybridized carbons (Fsp3) is 0.400. The van der Waals surface area contributed by atoms with Crippen molar-refractivity contribution in [2.75, 3.05) is 6.54 Å². The molecule has 3 heterocycles. The average molecular weight is 434 g/mol. The summed E-state index contributed by atoms with van der Waals surface area (Å²) in [4.78, 5) is 31.8. The molecular weight excluding hydrogens is 406 g/mol. The number of rotatable bonds is 6. The zero-order chi connectivity index (χ0) is 21.3. The van der Waals surface area contributed by atoms with Crippen LogP contribution in [0.5, 0.6) is 0 Å². The van der Waals surface area contributed by atoms with Crippen LogP contribution in [-0.2, 0) is 16.0 Å². The first kappa shape index (κ1) is 20.2. The van der Waals surface area contributed by atoms with Crippen LogP contribution < -0.4 is 5.32 Å². The first-order valence-electron chi connectivity index (χ1n) is 11.1. The number of hydrogen-bond acceptors (Lipinski definition) is 4. The maximum atomic E-state index is 13.2. The van der Waals surface area contributed by atoms with Gasteiger partial charge in [-0.15, -0.1) is 11.3 Å². The molecule has 2 aliphatic rings. The molecule has 0 bridgehead atoms.